The number of rotatable bonds is 5. The van der Waals surface area contributed by atoms with Crippen LogP contribution in [0.4, 0.5) is 0 Å². The Balaban J connectivity index is 3.63. The molecule has 0 radical (unpaired) electrons. The molecule has 0 N–H and O–H groups in total. The number of aromatic nitrogens is 1. The van der Waals surface area contributed by atoms with E-state index in [1.165, 1.54) is 10.8 Å². The molecule has 0 aliphatic carbocycles. The summed E-state index contributed by atoms with van der Waals surface area (Å²) in [6, 6.07) is 1.81. The summed E-state index contributed by atoms with van der Waals surface area (Å²) < 4.78 is 11.9. The van der Waals surface area contributed by atoms with Crippen molar-refractivity contribution in [3.8, 4) is 6.07 Å². The van der Waals surface area contributed by atoms with Crippen LogP contribution >= 0.6 is 11.3 Å². The molecule has 0 aromatic carbocycles. The lowest BCUT2D eigenvalue weighted by atomic mass is 10.3. The normalized spacial score (nSPS) is 12.8. The van der Waals surface area contributed by atoms with Crippen molar-refractivity contribution >= 4 is 29.1 Å². The summed E-state index contributed by atoms with van der Waals surface area (Å²) in [4.78, 5) is 23.9. The van der Waals surface area contributed by atoms with Crippen molar-refractivity contribution in [1.29, 1.82) is 5.26 Å². The van der Waals surface area contributed by atoms with E-state index in [9.17, 15) is 9.59 Å². The van der Waals surface area contributed by atoms with Gasteiger partial charge in [-0.15, -0.1) is 11.3 Å². The number of carbonyl (C=O) groups excluding carboxylic acids is 1. The highest BCUT2D eigenvalue weighted by atomic mass is 32.1. The van der Waals surface area contributed by atoms with Gasteiger partial charge in [-0.05, 0) is 20.8 Å². The van der Waals surface area contributed by atoms with E-state index >= 15 is 0 Å². The van der Waals surface area contributed by atoms with Gasteiger partial charge in [0, 0.05) is 6.54 Å². The minimum atomic E-state index is -0.721. The van der Waals surface area contributed by atoms with Crippen LogP contribution in [0.2, 0.25) is 0 Å². The summed E-state index contributed by atoms with van der Waals surface area (Å²) in [7, 11) is 0. The molecule has 7 heteroatoms. The fourth-order valence-corrected chi connectivity index (χ4v) is 2.59. The van der Waals surface area contributed by atoms with Crippen LogP contribution in [0.3, 0.4) is 0 Å². The van der Waals surface area contributed by atoms with Crippen LogP contribution in [0.25, 0.3) is 11.8 Å². The van der Waals surface area contributed by atoms with E-state index in [4.69, 9.17) is 14.7 Å². The molecule has 0 atom stereocenters. The van der Waals surface area contributed by atoms with Gasteiger partial charge < -0.3 is 9.47 Å². The number of carbonyl (C=O) groups is 1. The van der Waals surface area contributed by atoms with Crippen molar-refractivity contribution in [3.63, 3.8) is 0 Å². The standard InChI is InChI=1S/C13H16N2O4S/c1-4-15-11(16)10(8-18-5-2)20-12(15)9(7-14)13(17)19-6-3/h8H,4-6H2,1-3H3/b10-8-,12-9-. The van der Waals surface area contributed by atoms with E-state index in [1.54, 1.807) is 20.8 Å². The van der Waals surface area contributed by atoms with Crippen molar-refractivity contribution in [2.75, 3.05) is 13.2 Å². The van der Waals surface area contributed by atoms with Crippen molar-refractivity contribution in [2.24, 2.45) is 0 Å². The Bertz CT molecular complexity index is 693. The van der Waals surface area contributed by atoms with Gasteiger partial charge in [-0.2, -0.15) is 5.26 Å². The molecular formula is C13H16N2O4S. The van der Waals surface area contributed by atoms with Crippen LogP contribution in [-0.2, 0) is 20.8 Å². The second-order valence-electron chi connectivity index (χ2n) is 3.60. The van der Waals surface area contributed by atoms with Gasteiger partial charge in [0.1, 0.15) is 21.5 Å². The number of nitriles is 1. The van der Waals surface area contributed by atoms with E-state index in [1.807, 2.05) is 6.07 Å². The van der Waals surface area contributed by atoms with Gasteiger partial charge in [0.25, 0.3) is 5.56 Å². The fourth-order valence-electron chi connectivity index (χ4n) is 1.52. The molecule has 6 nitrogen and oxygen atoms in total. The Labute approximate surface area is 120 Å². The van der Waals surface area contributed by atoms with E-state index in [0.717, 1.165) is 11.3 Å². The number of ether oxygens (including phenoxy) is 2. The molecular weight excluding hydrogens is 280 g/mol. The summed E-state index contributed by atoms with van der Waals surface area (Å²) in [5, 5.41) is 9.13. The maximum atomic E-state index is 12.1. The second kappa shape index (κ2) is 7.50. The second-order valence-corrected chi connectivity index (χ2v) is 4.63. The minimum Gasteiger partial charge on any atom is -0.500 e. The first-order chi connectivity index (χ1) is 9.60. The average Bonchev–Trinajstić information content (AvgIpc) is 2.74. The van der Waals surface area contributed by atoms with Gasteiger partial charge in [-0.3, -0.25) is 9.36 Å². The van der Waals surface area contributed by atoms with E-state index < -0.39 is 5.97 Å². The molecule has 1 aromatic rings. The van der Waals surface area contributed by atoms with Crippen LogP contribution in [0.5, 0.6) is 0 Å². The lowest BCUT2D eigenvalue weighted by Gasteiger charge is -2.00. The quantitative estimate of drug-likeness (QED) is 0.711. The molecule has 0 bridgehead atoms. The molecule has 0 amide bonds. The number of thiazole rings is 1. The number of hydrogen-bond donors (Lipinski definition) is 0. The summed E-state index contributed by atoms with van der Waals surface area (Å²) in [5.41, 5.74) is -0.440. The molecule has 0 saturated carbocycles. The third-order valence-electron chi connectivity index (χ3n) is 2.39. The molecule has 0 spiro atoms. The maximum absolute atomic E-state index is 12.1. The molecule has 0 fully saturated rings. The van der Waals surface area contributed by atoms with E-state index in [2.05, 4.69) is 0 Å². The van der Waals surface area contributed by atoms with Crippen molar-refractivity contribution in [1.82, 2.24) is 4.57 Å². The Morgan fingerprint density at radius 2 is 2.10 bits per heavy atom. The highest BCUT2D eigenvalue weighted by Gasteiger charge is 2.16. The van der Waals surface area contributed by atoms with Crippen molar-refractivity contribution in [2.45, 2.75) is 27.3 Å². The SMILES string of the molecule is CCO/C=c1\s/c(=C(/C#N)C(=O)OCC)n(CC)c1=O. The van der Waals surface area contributed by atoms with Gasteiger partial charge in [-0.25, -0.2) is 4.79 Å². The highest BCUT2D eigenvalue weighted by molar-refractivity contribution is 7.07. The molecule has 0 unspecified atom stereocenters. The zero-order chi connectivity index (χ0) is 15.1. The monoisotopic (exact) mass is 296 g/mol. The van der Waals surface area contributed by atoms with Crippen LogP contribution in [-0.4, -0.2) is 23.8 Å². The Morgan fingerprint density at radius 1 is 1.40 bits per heavy atom. The van der Waals surface area contributed by atoms with Gasteiger partial charge in [0.05, 0.1) is 13.2 Å². The summed E-state index contributed by atoms with van der Waals surface area (Å²) >= 11 is 1.05. The van der Waals surface area contributed by atoms with E-state index in [0.29, 0.717) is 22.3 Å². The predicted molar refractivity (Wildman–Crippen MR) is 75.2 cm³/mol. The third kappa shape index (κ3) is 3.27. The van der Waals surface area contributed by atoms with Crippen LogP contribution < -0.4 is 14.8 Å². The molecule has 0 saturated heterocycles. The van der Waals surface area contributed by atoms with Crippen LogP contribution in [0.15, 0.2) is 4.79 Å². The molecule has 1 aromatic heterocycles. The lowest BCUT2D eigenvalue weighted by molar-refractivity contribution is -0.136. The molecule has 108 valence electrons. The smallest absolute Gasteiger partial charge is 0.351 e. The Morgan fingerprint density at radius 3 is 2.60 bits per heavy atom. The number of nitrogens with zero attached hydrogens (tertiary/aromatic N) is 2. The predicted octanol–water partition coefficient (Wildman–Crippen LogP) is -0.0584. The molecule has 20 heavy (non-hydrogen) atoms. The van der Waals surface area contributed by atoms with E-state index in [-0.39, 0.29) is 17.7 Å². The first-order valence-electron chi connectivity index (χ1n) is 6.23. The third-order valence-corrected chi connectivity index (χ3v) is 3.49. The highest BCUT2D eigenvalue weighted by Crippen LogP contribution is 1.96. The van der Waals surface area contributed by atoms with Gasteiger partial charge >= 0.3 is 5.97 Å². The maximum Gasteiger partial charge on any atom is 0.351 e. The lowest BCUT2D eigenvalue weighted by Crippen LogP contribution is -2.32. The Kier molecular flexibility index (Phi) is 6.00. The molecule has 0 aliphatic rings. The van der Waals surface area contributed by atoms with Gasteiger partial charge in [-0.1, -0.05) is 0 Å². The molecule has 1 rings (SSSR count). The van der Waals surface area contributed by atoms with Gasteiger partial charge in [0.2, 0.25) is 0 Å². The number of hydrogen-bond acceptors (Lipinski definition) is 6. The van der Waals surface area contributed by atoms with Crippen LogP contribution in [0, 0.1) is 11.3 Å². The first-order valence-corrected chi connectivity index (χ1v) is 7.05. The van der Waals surface area contributed by atoms with Crippen molar-refractivity contribution in [3.05, 3.63) is 19.5 Å². The zero-order valence-electron chi connectivity index (χ0n) is 11.6. The topological polar surface area (TPSA) is 81.3 Å². The average molecular weight is 296 g/mol. The summed E-state index contributed by atoms with van der Waals surface area (Å²) in [6.07, 6.45) is 1.35. The largest absolute Gasteiger partial charge is 0.500 e. The summed E-state index contributed by atoms with van der Waals surface area (Å²) in [6.45, 7) is 6.18. The Hall–Kier alpha value is -2.07. The zero-order valence-corrected chi connectivity index (χ0v) is 12.5. The van der Waals surface area contributed by atoms with Gasteiger partial charge in [0.15, 0.2) is 5.57 Å². The molecule has 1 heterocycles. The minimum absolute atomic E-state index is 0.160. The van der Waals surface area contributed by atoms with Crippen molar-refractivity contribution < 1.29 is 14.3 Å². The molecule has 0 aliphatic heterocycles. The number of esters is 1. The first kappa shape index (κ1) is 16.0. The fraction of sp³-hybridized carbons (Fsp3) is 0.462. The van der Waals surface area contributed by atoms with Crippen LogP contribution in [0.1, 0.15) is 20.8 Å². The summed E-state index contributed by atoms with van der Waals surface area (Å²) in [5.74, 6) is -0.721.